The zero-order valence-electron chi connectivity index (χ0n) is 19.0. The molecule has 0 saturated carbocycles. The van der Waals surface area contributed by atoms with Gasteiger partial charge in [-0.1, -0.05) is 24.8 Å². The molecule has 2 aliphatic rings. The molecule has 0 aliphatic carbocycles. The number of Topliss-reactive ketones (excluding diaryl/α,β-unsaturated/α-hetero) is 1. The van der Waals surface area contributed by atoms with Gasteiger partial charge >= 0.3 is 0 Å². The summed E-state index contributed by atoms with van der Waals surface area (Å²) in [5, 5.41) is 11.3. The molecule has 178 valence electrons. The Morgan fingerprint density at radius 2 is 1.97 bits per heavy atom. The summed E-state index contributed by atoms with van der Waals surface area (Å²) < 4.78 is 21.9. The molecular formula is C26H27NO7. The van der Waals surface area contributed by atoms with Crippen LogP contribution in [0.4, 0.5) is 0 Å². The minimum absolute atomic E-state index is 0.0139. The van der Waals surface area contributed by atoms with E-state index in [0.29, 0.717) is 67.8 Å². The molecule has 34 heavy (non-hydrogen) atoms. The van der Waals surface area contributed by atoms with Gasteiger partial charge in [0.05, 0.1) is 11.6 Å². The zero-order valence-corrected chi connectivity index (χ0v) is 19.0. The van der Waals surface area contributed by atoms with Crippen LogP contribution in [0.2, 0.25) is 0 Å². The van der Waals surface area contributed by atoms with Crippen LogP contribution >= 0.6 is 0 Å². The highest BCUT2D eigenvalue weighted by molar-refractivity contribution is 6.46. The van der Waals surface area contributed by atoms with E-state index in [2.05, 4.69) is 6.58 Å². The first-order chi connectivity index (χ1) is 16.5. The first-order valence-corrected chi connectivity index (χ1v) is 11.1. The Labute approximate surface area is 198 Å². The second kappa shape index (κ2) is 10.4. The van der Waals surface area contributed by atoms with Gasteiger partial charge in [-0.25, -0.2) is 0 Å². The molecule has 1 atom stereocenters. The van der Waals surface area contributed by atoms with Gasteiger partial charge in [-0.05, 0) is 42.3 Å². The molecule has 8 nitrogen and oxygen atoms in total. The number of hydrogen-bond acceptors (Lipinski definition) is 7. The molecule has 2 aromatic carbocycles. The summed E-state index contributed by atoms with van der Waals surface area (Å²) in [6.45, 7) is 5.52. The average molecular weight is 466 g/mol. The van der Waals surface area contributed by atoms with Gasteiger partial charge in [-0.3, -0.25) is 9.59 Å². The number of benzene rings is 2. The SMILES string of the molecule is C=CCOc1cccc(C2/C(=C(/O)c3ccc4c(c3)OCCO4)C(=O)C(=O)N2CCCOC)c1. The van der Waals surface area contributed by atoms with Crippen molar-refractivity contribution in [3.63, 3.8) is 0 Å². The third kappa shape index (κ3) is 4.63. The predicted octanol–water partition coefficient (Wildman–Crippen LogP) is 3.48. The molecule has 0 spiro atoms. The Balaban J connectivity index is 1.79. The monoisotopic (exact) mass is 465 g/mol. The molecule has 0 bridgehead atoms. The molecule has 2 aliphatic heterocycles. The van der Waals surface area contributed by atoms with E-state index in [4.69, 9.17) is 18.9 Å². The van der Waals surface area contributed by atoms with Crippen LogP contribution in [0.15, 0.2) is 60.7 Å². The van der Waals surface area contributed by atoms with Crippen LogP contribution in [0, 0.1) is 0 Å². The average Bonchev–Trinajstić information content (AvgIpc) is 3.12. The minimum atomic E-state index is -0.780. The minimum Gasteiger partial charge on any atom is -0.507 e. The summed E-state index contributed by atoms with van der Waals surface area (Å²) in [5.74, 6) is -0.0801. The lowest BCUT2D eigenvalue weighted by Crippen LogP contribution is -2.31. The molecular weight excluding hydrogens is 438 g/mol. The van der Waals surface area contributed by atoms with Crippen molar-refractivity contribution in [2.45, 2.75) is 12.5 Å². The number of nitrogens with zero attached hydrogens (tertiary/aromatic N) is 1. The van der Waals surface area contributed by atoms with Crippen molar-refractivity contribution in [3.8, 4) is 17.2 Å². The third-order valence-electron chi connectivity index (χ3n) is 5.64. The van der Waals surface area contributed by atoms with E-state index < -0.39 is 17.7 Å². The van der Waals surface area contributed by atoms with Gasteiger partial charge in [0.25, 0.3) is 11.7 Å². The van der Waals surface area contributed by atoms with Crippen molar-refractivity contribution in [1.82, 2.24) is 4.90 Å². The number of fused-ring (bicyclic) bond motifs is 1. The Bertz CT molecular complexity index is 1120. The van der Waals surface area contributed by atoms with Crippen LogP contribution in [0.1, 0.15) is 23.6 Å². The van der Waals surface area contributed by atoms with E-state index in [0.717, 1.165) is 0 Å². The Morgan fingerprint density at radius 3 is 2.74 bits per heavy atom. The number of aliphatic hydroxyl groups excluding tert-OH is 1. The standard InChI is InChI=1S/C26H27NO7/c1-3-11-32-19-7-4-6-17(15-19)23-22(25(29)26(30)27(23)10-5-12-31-2)24(28)18-8-9-20-21(16-18)34-14-13-33-20/h3-4,6-9,15-16,23,28H,1,5,10-14H2,2H3/b24-22-. The van der Waals surface area contributed by atoms with E-state index in [1.165, 1.54) is 4.90 Å². The van der Waals surface area contributed by atoms with Crippen LogP contribution in [-0.4, -0.2) is 61.8 Å². The van der Waals surface area contributed by atoms with E-state index in [9.17, 15) is 14.7 Å². The fourth-order valence-electron chi connectivity index (χ4n) is 4.11. The van der Waals surface area contributed by atoms with Gasteiger partial charge < -0.3 is 29.0 Å². The molecule has 0 radical (unpaired) electrons. The molecule has 0 aromatic heterocycles. The number of methoxy groups -OCH3 is 1. The number of ketones is 1. The normalized spacial score (nSPS) is 18.7. The molecule has 2 heterocycles. The van der Waals surface area contributed by atoms with Gasteiger partial charge in [-0.2, -0.15) is 0 Å². The fourth-order valence-corrected chi connectivity index (χ4v) is 4.11. The number of rotatable bonds is 9. The summed E-state index contributed by atoms with van der Waals surface area (Å²) in [4.78, 5) is 27.6. The van der Waals surface area contributed by atoms with Gasteiger partial charge in [-0.15, -0.1) is 0 Å². The lowest BCUT2D eigenvalue weighted by atomic mass is 9.95. The third-order valence-corrected chi connectivity index (χ3v) is 5.64. The number of aliphatic hydroxyl groups is 1. The smallest absolute Gasteiger partial charge is 0.295 e. The molecule has 1 fully saturated rings. The number of carbonyl (C=O) groups excluding carboxylic acids is 2. The lowest BCUT2D eigenvalue weighted by molar-refractivity contribution is -0.140. The Kier molecular flexibility index (Phi) is 7.18. The highest BCUT2D eigenvalue weighted by atomic mass is 16.6. The molecule has 4 rings (SSSR count). The van der Waals surface area contributed by atoms with Gasteiger partial charge in [0, 0.05) is 25.8 Å². The summed E-state index contributed by atoms with van der Waals surface area (Å²) in [6.07, 6.45) is 2.17. The van der Waals surface area contributed by atoms with E-state index in [1.807, 2.05) is 0 Å². The first-order valence-electron chi connectivity index (χ1n) is 11.1. The number of amides is 1. The number of likely N-dealkylation sites (tertiary alicyclic amines) is 1. The maximum Gasteiger partial charge on any atom is 0.295 e. The van der Waals surface area contributed by atoms with Crippen molar-refractivity contribution in [3.05, 3.63) is 71.8 Å². The zero-order chi connectivity index (χ0) is 24.1. The molecule has 1 amide bonds. The summed E-state index contributed by atoms with van der Waals surface area (Å²) in [6, 6.07) is 11.3. The van der Waals surface area contributed by atoms with Crippen LogP contribution in [0.5, 0.6) is 17.2 Å². The molecule has 1 saturated heterocycles. The van der Waals surface area contributed by atoms with Crippen LogP contribution in [-0.2, 0) is 14.3 Å². The second-order valence-electron chi connectivity index (χ2n) is 7.87. The van der Waals surface area contributed by atoms with Gasteiger partial charge in [0.2, 0.25) is 0 Å². The molecule has 1 unspecified atom stereocenters. The summed E-state index contributed by atoms with van der Waals surface area (Å²) in [7, 11) is 1.58. The quantitative estimate of drug-likeness (QED) is 0.199. The maximum absolute atomic E-state index is 13.2. The largest absolute Gasteiger partial charge is 0.507 e. The highest BCUT2D eigenvalue weighted by Gasteiger charge is 2.46. The highest BCUT2D eigenvalue weighted by Crippen LogP contribution is 2.41. The first kappa shape index (κ1) is 23.4. The number of ether oxygens (including phenoxy) is 4. The Morgan fingerprint density at radius 1 is 1.18 bits per heavy atom. The van der Waals surface area contributed by atoms with E-state index >= 15 is 0 Å². The fraction of sp³-hybridized carbons (Fsp3) is 0.308. The number of carbonyl (C=O) groups is 2. The predicted molar refractivity (Wildman–Crippen MR) is 125 cm³/mol. The van der Waals surface area contributed by atoms with Gasteiger partial charge in [0.1, 0.15) is 31.3 Å². The van der Waals surface area contributed by atoms with Crippen molar-refractivity contribution in [2.75, 3.05) is 40.1 Å². The van der Waals surface area contributed by atoms with Crippen LogP contribution < -0.4 is 14.2 Å². The molecule has 1 N–H and O–H groups in total. The van der Waals surface area contributed by atoms with E-state index in [-0.39, 0.29) is 11.3 Å². The van der Waals surface area contributed by atoms with Crippen molar-refractivity contribution >= 4 is 17.4 Å². The lowest BCUT2D eigenvalue weighted by Gasteiger charge is -2.25. The second-order valence-corrected chi connectivity index (χ2v) is 7.87. The van der Waals surface area contributed by atoms with Gasteiger partial charge in [0.15, 0.2) is 11.5 Å². The molecule has 8 heteroatoms. The van der Waals surface area contributed by atoms with Crippen molar-refractivity contribution in [2.24, 2.45) is 0 Å². The van der Waals surface area contributed by atoms with Crippen LogP contribution in [0.3, 0.4) is 0 Å². The van der Waals surface area contributed by atoms with E-state index in [1.54, 1.807) is 55.7 Å². The van der Waals surface area contributed by atoms with Crippen molar-refractivity contribution < 1.29 is 33.6 Å². The number of hydrogen-bond donors (Lipinski definition) is 1. The molecule has 2 aromatic rings. The maximum atomic E-state index is 13.2. The topological polar surface area (TPSA) is 94.5 Å². The Hall–Kier alpha value is -3.78. The summed E-state index contributed by atoms with van der Waals surface area (Å²) >= 11 is 0. The van der Waals surface area contributed by atoms with Crippen molar-refractivity contribution in [1.29, 1.82) is 0 Å². The van der Waals surface area contributed by atoms with Crippen LogP contribution in [0.25, 0.3) is 5.76 Å². The summed E-state index contributed by atoms with van der Waals surface area (Å²) in [5.41, 5.74) is 1.03.